The standard InChI is InChI=1S/C9H16N2O2/c1-6(8(3)11-10-4)7(2)9(12)13-5/h10H,1-5H3/b7-6+,11-8+. The topological polar surface area (TPSA) is 50.7 Å². The molecule has 74 valence electrons. The summed E-state index contributed by atoms with van der Waals surface area (Å²) >= 11 is 0. The van der Waals surface area contributed by atoms with Crippen LogP contribution in [0.5, 0.6) is 0 Å². The Labute approximate surface area is 78.7 Å². The van der Waals surface area contributed by atoms with Crippen LogP contribution >= 0.6 is 0 Å². The van der Waals surface area contributed by atoms with Crippen molar-refractivity contribution in [1.29, 1.82) is 0 Å². The van der Waals surface area contributed by atoms with Gasteiger partial charge in [-0.2, -0.15) is 5.10 Å². The van der Waals surface area contributed by atoms with Gasteiger partial charge in [0.15, 0.2) is 0 Å². The molecule has 4 heteroatoms. The third-order valence-electron chi connectivity index (χ3n) is 1.88. The SMILES string of the molecule is CN/N=C(C)/C(C)=C(\C)C(=O)OC. The summed E-state index contributed by atoms with van der Waals surface area (Å²) in [5.74, 6) is -0.317. The lowest BCUT2D eigenvalue weighted by Crippen LogP contribution is -2.10. The first-order chi connectivity index (χ1) is 6.04. The van der Waals surface area contributed by atoms with E-state index in [9.17, 15) is 4.79 Å². The fraction of sp³-hybridized carbons (Fsp3) is 0.556. The molecule has 0 aromatic heterocycles. The Kier molecular flexibility index (Phi) is 4.80. The van der Waals surface area contributed by atoms with Crippen molar-refractivity contribution < 1.29 is 9.53 Å². The number of hydrogen-bond donors (Lipinski definition) is 1. The van der Waals surface area contributed by atoms with Gasteiger partial charge >= 0.3 is 5.97 Å². The average molecular weight is 184 g/mol. The van der Waals surface area contributed by atoms with Crippen molar-refractivity contribution in [3.8, 4) is 0 Å². The molecule has 0 bridgehead atoms. The lowest BCUT2D eigenvalue weighted by molar-refractivity contribution is -0.136. The minimum absolute atomic E-state index is 0.317. The first kappa shape index (κ1) is 11.7. The molecule has 0 radical (unpaired) electrons. The summed E-state index contributed by atoms with van der Waals surface area (Å²) in [4.78, 5) is 11.1. The van der Waals surface area contributed by atoms with Gasteiger partial charge in [-0.05, 0) is 26.3 Å². The maximum Gasteiger partial charge on any atom is 0.333 e. The maximum atomic E-state index is 11.1. The number of carbonyl (C=O) groups excluding carboxylic acids is 1. The molecule has 4 nitrogen and oxygen atoms in total. The van der Waals surface area contributed by atoms with Crippen LogP contribution in [0, 0.1) is 0 Å². The molecular formula is C9H16N2O2. The summed E-state index contributed by atoms with van der Waals surface area (Å²) in [5, 5.41) is 3.96. The highest BCUT2D eigenvalue weighted by molar-refractivity contribution is 6.04. The predicted molar refractivity (Wildman–Crippen MR) is 52.6 cm³/mol. The number of ether oxygens (including phenoxy) is 1. The Morgan fingerprint density at radius 1 is 1.23 bits per heavy atom. The minimum Gasteiger partial charge on any atom is -0.466 e. The molecule has 13 heavy (non-hydrogen) atoms. The van der Waals surface area contributed by atoms with Crippen LogP contribution in [0.15, 0.2) is 16.2 Å². The highest BCUT2D eigenvalue weighted by Crippen LogP contribution is 2.06. The predicted octanol–water partition coefficient (Wildman–Crippen LogP) is 1.09. The zero-order chi connectivity index (χ0) is 10.4. The van der Waals surface area contributed by atoms with Crippen LogP contribution in [0.1, 0.15) is 20.8 Å². The molecule has 0 aliphatic heterocycles. The van der Waals surface area contributed by atoms with Crippen LogP contribution in [0.3, 0.4) is 0 Å². The second kappa shape index (κ2) is 5.35. The largest absolute Gasteiger partial charge is 0.466 e. The van der Waals surface area contributed by atoms with Gasteiger partial charge in [-0.15, -0.1) is 0 Å². The monoisotopic (exact) mass is 184 g/mol. The normalized spacial score (nSPS) is 13.5. The molecule has 0 unspecified atom stereocenters. The van der Waals surface area contributed by atoms with E-state index in [0.717, 1.165) is 11.3 Å². The molecule has 0 amide bonds. The number of hydrazone groups is 1. The highest BCUT2D eigenvalue weighted by atomic mass is 16.5. The number of methoxy groups -OCH3 is 1. The van der Waals surface area contributed by atoms with E-state index >= 15 is 0 Å². The van der Waals surface area contributed by atoms with Crippen LogP contribution in [0.2, 0.25) is 0 Å². The molecule has 0 aromatic rings. The van der Waals surface area contributed by atoms with Crippen molar-refractivity contribution in [2.75, 3.05) is 14.2 Å². The van der Waals surface area contributed by atoms with E-state index in [-0.39, 0.29) is 5.97 Å². The molecule has 1 N–H and O–H groups in total. The maximum absolute atomic E-state index is 11.1. The second-order valence-corrected chi connectivity index (χ2v) is 2.66. The van der Waals surface area contributed by atoms with Crippen molar-refractivity contribution in [2.45, 2.75) is 20.8 Å². The van der Waals surface area contributed by atoms with Gasteiger partial charge in [-0.1, -0.05) is 0 Å². The van der Waals surface area contributed by atoms with E-state index in [1.54, 1.807) is 14.0 Å². The molecule has 0 saturated carbocycles. The van der Waals surface area contributed by atoms with Crippen LogP contribution in [-0.2, 0) is 9.53 Å². The third kappa shape index (κ3) is 3.27. The number of hydrogen-bond acceptors (Lipinski definition) is 4. The zero-order valence-corrected chi connectivity index (χ0v) is 8.76. The number of nitrogens with zero attached hydrogens (tertiary/aromatic N) is 1. The molecule has 0 spiro atoms. The van der Waals surface area contributed by atoms with Crippen molar-refractivity contribution in [2.24, 2.45) is 5.10 Å². The van der Waals surface area contributed by atoms with E-state index < -0.39 is 0 Å². The van der Waals surface area contributed by atoms with Gasteiger partial charge in [-0.25, -0.2) is 4.79 Å². The Balaban J connectivity index is 4.81. The van der Waals surface area contributed by atoms with Gasteiger partial charge in [0.2, 0.25) is 0 Å². The summed E-state index contributed by atoms with van der Waals surface area (Å²) in [6, 6.07) is 0. The number of nitrogens with one attached hydrogen (secondary N) is 1. The van der Waals surface area contributed by atoms with Gasteiger partial charge in [0.05, 0.1) is 12.8 Å². The summed E-state index contributed by atoms with van der Waals surface area (Å²) in [7, 11) is 3.08. The van der Waals surface area contributed by atoms with Gasteiger partial charge in [0, 0.05) is 12.6 Å². The summed E-state index contributed by atoms with van der Waals surface area (Å²) < 4.78 is 4.59. The molecule has 0 heterocycles. The van der Waals surface area contributed by atoms with Gasteiger partial charge in [-0.3, -0.25) is 0 Å². The molecule has 0 aliphatic rings. The third-order valence-corrected chi connectivity index (χ3v) is 1.88. The lowest BCUT2D eigenvalue weighted by atomic mass is 10.1. The minimum atomic E-state index is -0.317. The van der Waals surface area contributed by atoms with Gasteiger partial charge in [0.25, 0.3) is 0 Å². The van der Waals surface area contributed by atoms with E-state index in [2.05, 4.69) is 15.3 Å². The van der Waals surface area contributed by atoms with Crippen molar-refractivity contribution >= 4 is 11.7 Å². The summed E-state index contributed by atoms with van der Waals surface area (Å²) in [6.45, 7) is 5.39. The fourth-order valence-electron chi connectivity index (χ4n) is 0.829. The number of allylic oxidation sites excluding steroid dienone is 1. The number of carbonyl (C=O) groups is 1. The van der Waals surface area contributed by atoms with Gasteiger partial charge in [0.1, 0.15) is 0 Å². The Morgan fingerprint density at radius 3 is 2.15 bits per heavy atom. The van der Waals surface area contributed by atoms with E-state index in [4.69, 9.17) is 0 Å². The number of rotatable bonds is 3. The van der Waals surface area contributed by atoms with Crippen molar-refractivity contribution in [1.82, 2.24) is 5.43 Å². The quantitative estimate of drug-likeness (QED) is 0.309. The molecule has 0 atom stereocenters. The summed E-state index contributed by atoms with van der Waals surface area (Å²) in [5.41, 5.74) is 4.86. The first-order valence-electron chi connectivity index (χ1n) is 4.01. The Morgan fingerprint density at radius 2 is 1.77 bits per heavy atom. The molecule has 0 saturated heterocycles. The van der Waals surface area contributed by atoms with E-state index in [0.29, 0.717) is 5.57 Å². The van der Waals surface area contributed by atoms with Crippen molar-refractivity contribution in [3.63, 3.8) is 0 Å². The van der Waals surface area contributed by atoms with Crippen LogP contribution < -0.4 is 5.43 Å². The Hall–Kier alpha value is -1.32. The Bertz CT molecular complexity index is 254. The molecule has 0 aromatic carbocycles. The fourth-order valence-corrected chi connectivity index (χ4v) is 0.829. The van der Waals surface area contributed by atoms with E-state index in [1.807, 2.05) is 13.8 Å². The smallest absolute Gasteiger partial charge is 0.333 e. The number of esters is 1. The van der Waals surface area contributed by atoms with Crippen LogP contribution in [-0.4, -0.2) is 25.8 Å². The van der Waals surface area contributed by atoms with Crippen LogP contribution in [0.25, 0.3) is 0 Å². The zero-order valence-electron chi connectivity index (χ0n) is 8.76. The lowest BCUT2D eigenvalue weighted by Gasteiger charge is -2.05. The average Bonchev–Trinajstić information content (AvgIpc) is 2.14. The second-order valence-electron chi connectivity index (χ2n) is 2.66. The van der Waals surface area contributed by atoms with Crippen LogP contribution in [0.4, 0.5) is 0 Å². The first-order valence-corrected chi connectivity index (χ1v) is 4.01. The molecule has 0 aliphatic carbocycles. The van der Waals surface area contributed by atoms with Crippen molar-refractivity contribution in [3.05, 3.63) is 11.1 Å². The molecular weight excluding hydrogens is 168 g/mol. The van der Waals surface area contributed by atoms with Gasteiger partial charge < -0.3 is 10.2 Å². The highest BCUT2D eigenvalue weighted by Gasteiger charge is 2.08. The molecule has 0 fully saturated rings. The molecule has 0 rings (SSSR count). The summed E-state index contributed by atoms with van der Waals surface area (Å²) in [6.07, 6.45) is 0. The van der Waals surface area contributed by atoms with E-state index in [1.165, 1.54) is 7.11 Å².